The number of hydrogen-bond donors (Lipinski definition) is 1. The second kappa shape index (κ2) is 9.88. The predicted octanol–water partition coefficient (Wildman–Crippen LogP) is 3.71. The van der Waals surface area contributed by atoms with E-state index in [0.29, 0.717) is 13.0 Å². The minimum atomic E-state index is -0.410. The largest absolute Gasteiger partial charge is 0.457 e. The molecule has 8 heteroatoms. The number of ether oxygens (including phenoxy) is 1. The number of urea groups is 1. The number of anilines is 1. The molecule has 0 saturated carbocycles. The molecule has 3 amide bonds. The number of carbonyl (C=O) groups excluding carboxylic acids is 2. The van der Waals surface area contributed by atoms with Gasteiger partial charge in [0.15, 0.2) is 0 Å². The number of nitrogens with one attached hydrogen (secondary N) is 1. The predicted molar refractivity (Wildman–Crippen MR) is 141 cm³/mol. The third kappa shape index (κ3) is 4.43. The van der Waals surface area contributed by atoms with E-state index in [4.69, 9.17) is 4.74 Å². The van der Waals surface area contributed by atoms with E-state index < -0.39 is 6.04 Å². The molecule has 1 N–H and O–H groups in total. The average Bonchev–Trinajstić information content (AvgIpc) is 3.34. The minimum Gasteiger partial charge on any atom is -0.457 e. The summed E-state index contributed by atoms with van der Waals surface area (Å²) in [5, 5.41) is 3.58. The van der Waals surface area contributed by atoms with Crippen LogP contribution in [0.25, 0.3) is 0 Å². The van der Waals surface area contributed by atoms with E-state index >= 15 is 0 Å². The SMILES string of the molecule is CN1C(=O)N(CCc2ccccc2)C(=O)C2C1NC1N(c3ccc(Oc4ccccc4)cc3)CCCN21. The fourth-order valence-electron chi connectivity index (χ4n) is 5.61. The summed E-state index contributed by atoms with van der Waals surface area (Å²) in [5.41, 5.74) is 2.16. The van der Waals surface area contributed by atoms with Crippen LogP contribution in [0.1, 0.15) is 12.0 Å². The first-order chi connectivity index (χ1) is 18.1. The van der Waals surface area contributed by atoms with E-state index in [1.807, 2.05) is 84.9 Å². The van der Waals surface area contributed by atoms with Crippen LogP contribution < -0.4 is 15.0 Å². The number of amides is 3. The molecule has 6 rings (SSSR count). The van der Waals surface area contributed by atoms with Gasteiger partial charge in [-0.25, -0.2) is 4.79 Å². The van der Waals surface area contributed by atoms with Gasteiger partial charge in [-0.05, 0) is 54.8 Å². The Bertz CT molecular complexity index is 1250. The lowest BCUT2D eigenvalue weighted by Gasteiger charge is -2.44. The van der Waals surface area contributed by atoms with Crippen molar-refractivity contribution in [3.8, 4) is 11.5 Å². The van der Waals surface area contributed by atoms with Crippen LogP contribution in [0.2, 0.25) is 0 Å². The lowest BCUT2D eigenvalue weighted by molar-refractivity contribution is -0.138. The van der Waals surface area contributed by atoms with Crippen molar-refractivity contribution in [2.24, 2.45) is 0 Å². The third-order valence-electron chi connectivity index (χ3n) is 7.48. The van der Waals surface area contributed by atoms with Crippen LogP contribution in [0.3, 0.4) is 0 Å². The van der Waals surface area contributed by atoms with Gasteiger partial charge in [0.1, 0.15) is 30.0 Å². The van der Waals surface area contributed by atoms with Gasteiger partial charge in [0.2, 0.25) is 0 Å². The number of imide groups is 1. The first-order valence-electron chi connectivity index (χ1n) is 12.8. The molecular weight excluding hydrogens is 466 g/mol. The molecule has 0 bridgehead atoms. The molecule has 3 unspecified atom stereocenters. The molecule has 3 aliphatic rings. The highest BCUT2D eigenvalue weighted by atomic mass is 16.5. The maximum Gasteiger partial charge on any atom is 0.327 e. The summed E-state index contributed by atoms with van der Waals surface area (Å²) in [6, 6.07) is 27.1. The Balaban J connectivity index is 1.19. The summed E-state index contributed by atoms with van der Waals surface area (Å²) in [4.78, 5) is 34.4. The Morgan fingerprint density at radius 3 is 2.27 bits per heavy atom. The monoisotopic (exact) mass is 497 g/mol. The summed E-state index contributed by atoms with van der Waals surface area (Å²) in [6.45, 7) is 2.03. The number of hydrogen-bond acceptors (Lipinski definition) is 6. The van der Waals surface area contributed by atoms with Gasteiger partial charge in [0.25, 0.3) is 5.91 Å². The Morgan fingerprint density at radius 1 is 0.865 bits per heavy atom. The maximum absolute atomic E-state index is 13.7. The summed E-state index contributed by atoms with van der Waals surface area (Å²) in [5.74, 6) is 1.45. The molecule has 3 atom stereocenters. The van der Waals surface area contributed by atoms with E-state index in [1.54, 1.807) is 11.9 Å². The molecule has 3 aliphatic heterocycles. The van der Waals surface area contributed by atoms with Gasteiger partial charge >= 0.3 is 6.03 Å². The van der Waals surface area contributed by atoms with Crippen LogP contribution in [-0.2, 0) is 11.2 Å². The summed E-state index contributed by atoms with van der Waals surface area (Å²) in [7, 11) is 1.79. The van der Waals surface area contributed by atoms with Crippen molar-refractivity contribution in [1.29, 1.82) is 0 Å². The lowest BCUT2D eigenvalue weighted by Crippen LogP contribution is -2.66. The van der Waals surface area contributed by atoms with E-state index in [0.717, 1.165) is 42.3 Å². The average molecular weight is 498 g/mol. The number of carbonyl (C=O) groups is 2. The van der Waals surface area contributed by atoms with Gasteiger partial charge < -0.3 is 14.5 Å². The number of benzene rings is 3. The van der Waals surface area contributed by atoms with Gasteiger partial charge in [0.05, 0.1) is 0 Å². The molecule has 0 spiro atoms. The summed E-state index contributed by atoms with van der Waals surface area (Å²) >= 11 is 0. The van der Waals surface area contributed by atoms with Crippen molar-refractivity contribution in [3.05, 3.63) is 90.5 Å². The van der Waals surface area contributed by atoms with E-state index in [2.05, 4.69) is 15.1 Å². The van der Waals surface area contributed by atoms with Gasteiger partial charge in [-0.3, -0.25) is 19.9 Å². The highest BCUT2D eigenvalue weighted by molar-refractivity contribution is 6.00. The molecule has 3 saturated heterocycles. The standard InChI is InChI=1S/C29H31N5O3/c1-31-26-25(27(35)34(29(31)36)20-17-21-9-4-2-5-10-21)33-19-8-18-32(28(33)30-26)22-13-15-24(16-14-22)37-23-11-6-3-7-12-23/h2-7,9-16,25-26,28,30H,8,17-20H2,1H3. The normalized spacial score (nSPS) is 23.7. The molecule has 3 heterocycles. The molecule has 0 aromatic heterocycles. The van der Waals surface area contributed by atoms with Gasteiger partial charge in [-0.15, -0.1) is 0 Å². The fraction of sp³-hybridized carbons (Fsp3) is 0.310. The van der Waals surface area contributed by atoms with Crippen LogP contribution >= 0.6 is 0 Å². The van der Waals surface area contributed by atoms with E-state index in [-0.39, 0.29) is 24.4 Å². The molecule has 3 fully saturated rings. The highest BCUT2D eigenvalue weighted by Crippen LogP contribution is 2.34. The van der Waals surface area contributed by atoms with Crippen LogP contribution in [-0.4, -0.2) is 71.8 Å². The molecule has 3 aromatic carbocycles. The van der Waals surface area contributed by atoms with Crippen molar-refractivity contribution in [3.63, 3.8) is 0 Å². The molecule has 3 aromatic rings. The summed E-state index contributed by atoms with van der Waals surface area (Å²) < 4.78 is 5.95. The first kappa shape index (κ1) is 23.5. The molecule has 0 aliphatic carbocycles. The first-order valence-corrected chi connectivity index (χ1v) is 12.8. The van der Waals surface area contributed by atoms with E-state index in [9.17, 15) is 9.59 Å². The van der Waals surface area contributed by atoms with Crippen LogP contribution in [0, 0.1) is 0 Å². The second-order valence-corrected chi connectivity index (χ2v) is 9.74. The Labute approximate surface area is 217 Å². The molecule has 190 valence electrons. The van der Waals surface area contributed by atoms with E-state index in [1.165, 1.54) is 4.90 Å². The maximum atomic E-state index is 13.7. The van der Waals surface area contributed by atoms with Crippen molar-refractivity contribution in [2.75, 3.05) is 31.6 Å². The Hall–Kier alpha value is -3.88. The van der Waals surface area contributed by atoms with Crippen molar-refractivity contribution < 1.29 is 14.3 Å². The van der Waals surface area contributed by atoms with Crippen molar-refractivity contribution >= 4 is 17.6 Å². The van der Waals surface area contributed by atoms with Gasteiger partial charge in [0, 0.05) is 32.4 Å². The lowest BCUT2D eigenvalue weighted by atomic mass is 10.1. The van der Waals surface area contributed by atoms with Crippen LogP contribution in [0.15, 0.2) is 84.9 Å². The minimum absolute atomic E-state index is 0.118. The fourth-order valence-corrected chi connectivity index (χ4v) is 5.61. The van der Waals surface area contributed by atoms with Crippen molar-refractivity contribution in [1.82, 2.24) is 20.0 Å². The van der Waals surface area contributed by atoms with Crippen LogP contribution in [0.4, 0.5) is 10.5 Å². The number of likely N-dealkylation sites (N-methyl/N-ethyl adjacent to an activating group) is 1. The Morgan fingerprint density at radius 2 is 1.54 bits per heavy atom. The smallest absolute Gasteiger partial charge is 0.327 e. The third-order valence-corrected chi connectivity index (χ3v) is 7.48. The quantitative estimate of drug-likeness (QED) is 0.560. The molecule has 37 heavy (non-hydrogen) atoms. The summed E-state index contributed by atoms with van der Waals surface area (Å²) in [6.07, 6.45) is 1.04. The van der Waals surface area contributed by atoms with Crippen molar-refractivity contribution in [2.45, 2.75) is 31.3 Å². The van der Waals surface area contributed by atoms with Crippen LogP contribution in [0.5, 0.6) is 11.5 Å². The second-order valence-electron chi connectivity index (χ2n) is 9.74. The topological polar surface area (TPSA) is 68.4 Å². The number of fused-ring (bicyclic) bond motifs is 3. The van der Waals surface area contributed by atoms with Gasteiger partial charge in [-0.2, -0.15) is 0 Å². The molecule has 0 radical (unpaired) electrons. The zero-order valence-electron chi connectivity index (χ0n) is 20.9. The van der Waals surface area contributed by atoms with Gasteiger partial charge in [-0.1, -0.05) is 48.5 Å². The zero-order valence-corrected chi connectivity index (χ0v) is 20.9. The number of rotatable bonds is 6. The number of nitrogens with zero attached hydrogens (tertiary/aromatic N) is 4. The number of para-hydroxylation sites is 1. The molecular formula is C29H31N5O3. The Kier molecular flexibility index (Phi) is 6.28. The zero-order chi connectivity index (χ0) is 25.4. The molecule has 8 nitrogen and oxygen atoms in total. The highest BCUT2D eigenvalue weighted by Gasteiger charge is 2.55.